The fraction of sp³-hybridized carbons (Fsp3) is 0.0909. The minimum Gasteiger partial charge on any atom is -0.383 e. The highest BCUT2D eigenvalue weighted by Gasteiger charge is 2.15. The number of hydrogen-bond acceptors (Lipinski definition) is 1. The number of halogens is 2. The molecule has 1 atom stereocenters. The van der Waals surface area contributed by atoms with Gasteiger partial charge >= 0.3 is 0 Å². The normalized spacial score (nSPS) is 12.7. The molecule has 0 fully saturated rings. The van der Waals surface area contributed by atoms with Gasteiger partial charge in [0.15, 0.2) is 0 Å². The van der Waals surface area contributed by atoms with Crippen LogP contribution >= 0.6 is 0 Å². The Hall–Kier alpha value is -1.68. The molecule has 0 radical (unpaired) electrons. The Balaban J connectivity index is 2.38. The number of aromatic amines is 1. The molecule has 0 spiro atoms. The van der Waals surface area contributed by atoms with E-state index in [9.17, 15) is 13.9 Å². The molecule has 2 aromatic rings. The standard InChI is InChI=1S/C11H9F2NO/c12-8-1-2-9(10(13)5-8)11(15)7-3-4-14-6-7/h1-6,11,14-15H. The number of aromatic nitrogens is 1. The third-order valence-corrected chi connectivity index (χ3v) is 2.19. The highest BCUT2D eigenvalue weighted by atomic mass is 19.1. The van der Waals surface area contributed by atoms with Gasteiger partial charge in [-0.2, -0.15) is 0 Å². The zero-order valence-corrected chi connectivity index (χ0v) is 7.74. The molecule has 1 heterocycles. The van der Waals surface area contributed by atoms with E-state index in [1.807, 2.05) is 0 Å². The largest absolute Gasteiger partial charge is 0.383 e. The highest BCUT2D eigenvalue weighted by Crippen LogP contribution is 2.24. The molecule has 0 saturated carbocycles. The summed E-state index contributed by atoms with van der Waals surface area (Å²) in [4.78, 5) is 2.75. The van der Waals surface area contributed by atoms with Crippen LogP contribution in [0.3, 0.4) is 0 Å². The van der Waals surface area contributed by atoms with Crippen molar-refractivity contribution in [1.29, 1.82) is 0 Å². The van der Waals surface area contributed by atoms with Gasteiger partial charge in [-0.25, -0.2) is 8.78 Å². The van der Waals surface area contributed by atoms with Gasteiger partial charge < -0.3 is 10.1 Å². The minimum absolute atomic E-state index is 0.0657. The molecule has 0 aliphatic heterocycles. The third-order valence-electron chi connectivity index (χ3n) is 2.19. The molecule has 15 heavy (non-hydrogen) atoms. The van der Waals surface area contributed by atoms with Crippen molar-refractivity contribution in [2.45, 2.75) is 6.10 Å². The van der Waals surface area contributed by atoms with E-state index in [0.717, 1.165) is 12.1 Å². The van der Waals surface area contributed by atoms with Crippen LogP contribution in [0.4, 0.5) is 8.78 Å². The molecule has 1 aromatic heterocycles. The number of H-pyrrole nitrogens is 1. The van der Waals surface area contributed by atoms with Crippen LogP contribution in [0.1, 0.15) is 17.2 Å². The summed E-state index contributed by atoms with van der Waals surface area (Å²) in [5.41, 5.74) is 0.608. The van der Waals surface area contributed by atoms with Crippen LogP contribution in [0.15, 0.2) is 36.7 Å². The van der Waals surface area contributed by atoms with E-state index in [4.69, 9.17) is 0 Å². The van der Waals surface area contributed by atoms with Gasteiger partial charge in [0.2, 0.25) is 0 Å². The highest BCUT2D eigenvalue weighted by molar-refractivity contribution is 5.29. The van der Waals surface area contributed by atoms with Crippen LogP contribution in [-0.2, 0) is 0 Å². The first-order valence-corrected chi connectivity index (χ1v) is 4.44. The van der Waals surface area contributed by atoms with Crippen LogP contribution in [0.5, 0.6) is 0 Å². The van der Waals surface area contributed by atoms with E-state index >= 15 is 0 Å². The molecule has 2 rings (SSSR count). The summed E-state index contributed by atoms with van der Waals surface area (Å²) in [6.45, 7) is 0. The lowest BCUT2D eigenvalue weighted by molar-refractivity contribution is 0.215. The van der Waals surface area contributed by atoms with E-state index in [0.29, 0.717) is 5.56 Å². The number of rotatable bonds is 2. The molecule has 78 valence electrons. The predicted molar refractivity (Wildman–Crippen MR) is 51.2 cm³/mol. The van der Waals surface area contributed by atoms with Gasteiger partial charge in [0, 0.05) is 29.6 Å². The number of aliphatic hydroxyl groups is 1. The summed E-state index contributed by atoms with van der Waals surface area (Å²) >= 11 is 0. The summed E-state index contributed by atoms with van der Waals surface area (Å²) in [5.74, 6) is -1.40. The number of aliphatic hydroxyl groups excluding tert-OH is 1. The smallest absolute Gasteiger partial charge is 0.132 e. The number of benzene rings is 1. The van der Waals surface area contributed by atoms with Crippen molar-refractivity contribution < 1.29 is 13.9 Å². The summed E-state index contributed by atoms with van der Waals surface area (Å²) in [6, 6.07) is 4.75. The van der Waals surface area contributed by atoms with Crippen LogP contribution in [-0.4, -0.2) is 10.1 Å². The monoisotopic (exact) mass is 209 g/mol. The maximum atomic E-state index is 13.3. The van der Waals surface area contributed by atoms with E-state index in [2.05, 4.69) is 4.98 Å². The zero-order chi connectivity index (χ0) is 10.8. The molecule has 1 aromatic carbocycles. The van der Waals surface area contributed by atoms with Gasteiger partial charge in [-0.15, -0.1) is 0 Å². The van der Waals surface area contributed by atoms with Crippen molar-refractivity contribution in [1.82, 2.24) is 4.98 Å². The van der Waals surface area contributed by atoms with Crippen molar-refractivity contribution in [3.8, 4) is 0 Å². The molecular weight excluding hydrogens is 200 g/mol. The van der Waals surface area contributed by atoms with Gasteiger partial charge in [0.1, 0.15) is 17.7 Å². The second-order valence-corrected chi connectivity index (χ2v) is 3.21. The van der Waals surface area contributed by atoms with E-state index in [-0.39, 0.29) is 5.56 Å². The Morgan fingerprint density at radius 1 is 1.20 bits per heavy atom. The van der Waals surface area contributed by atoms with Gasteiger partial charge in [0.25, 0.3) is 0 Å². The first kappa shape index (κ1) is 9.86. The third kappa shape index (κ3) is 1.89. The van der Waals surface area contributed by atoms with Crippen LogP contribution in [0.25, 0.3) is 0 Å². The van der Waals surface area contributed by atoms with Crippen molar-refractivity contribution >= 4 is 0 Å². The molecule has 0 bridgehead atoms. The summed E-state index contributed by atoms with van der Waals surface area (Å²) in [7, 11) is 0. The topological polar surface area (TPSA) is 36.0 Å². The van der Waals surface area contributed by atoms with Crippen LogP contribution in [0, 0.1) is 11.6 Å². The molecule has 0 aliphatic carbocycles. The van der Waals surface area contributed by atoms with Crippen molar-refractivity contribution in [3.63, 3.8) is 0 Å². The van der Waals surface area contributed by atoms with E-state index in [1.54, 1.807) is 18.5 Å². The summed E-state index contributed by atoms with van der Waals surface area (Å²) < 4.78 is 25.9. The first-order chi connectivity index (χ1) is 7.18. The lowest BCUT2D eigenvalue weighted by atomic mass is 10.0. The summed E-state index contributed by atoms with van der Waals surface area (Å²) in [5, 5.41) is 9.77. The number of hydrogen-bond donors (Lipinski definition) is 2. The Kier molecular flexibility index (Phi) is 2.51. The van der Waals surface area contributed by atoms with Crippen molar-refractivity contribution in [3.05, 3.63) is 59.4 Å². The van der Waals surface area contributed by atoms with Gasteiger partial charge in [-0.3, -0.25) is 0 Å². The van der Waals surface area contributed by atoms with E-state index < -0.39 is 17.7 Å². The molecule has 0 aliphatic rings. The molecule has 1 unspecified atom stereocenters. The van der Waals surface area contributed by atoms with Gasteiger partial charge in [0.05, 0.1) is 0 Å². The fourth-order valence-corrected chi connectivity index (χ4v) is 1.41. The first-order valence-electron chi connectivity index (χ1n) is 4.44. The Morgan fingerprint density at radius 3 is 2.60 bits per heavy atom. The van der Waals surface area contributed by atoms with E-state index in [1.165, 1.54) is 6.07 Å². The maximum absolute atomic E-state index is 13.3. The van der Waals surface area contributed by atoms with Crippen LogP contribution < -0.4 is 0 Å². The second kappa shape index (κ2) is 3.82. The Morgan fingerprint density at radius 2 is 2.00 bits per heavy atom. The average molecular weight is 209 g/mol. The Labute approximate surface area is 85.2 Å². The molecule has 0 amide bonds. The summed E-state index contributed by atoms with van der Waals surface area (Å²) in [6.07, 6.45) is 2.12. The molecule has 4 heteroatoms. The lowest BCUT2D eigenvalue weighted by Gasteiger charge is -2.09. The van der Waals surface area contributed by atoms with Crippen molar-refractivity contribution in [2.75, 3.05) is 0 Å². The molecule has 2 N–H and O–H groups in total. The zero-order valence-electron chi connectivity index (χ0n) is 7.74. The molecular formula is C11H9F2NO. The quantitative estimate of drug-likeness (QED) is 0.782. The maximum Gasteiger partial charge on any atom is 0.132 e. The van der Waals surface area contributed by atoms with Gasteiger partial charge in [-0.1, -0.05) is 6.07 Å². The number of nitrogens with one attached hydrogen (secondary N) is 1. The predicted octanol–water partition coefficient (Wildman–Crippen LogP) is 2.37. The van der Waals surface area contributed by atoms with Gasteiger partial charge in [-0.05, 0) is 12.1 Å². The van der Waals surface area contributed by atoms with Crippen molar-refractivity contribution in [2.24, 2.45) is 0 Å². The fourth-order valence-electron chi connectivity index (χ4n) is 1.41. The SMILES string of the molecule is OC(c1cc[nH]c1)c1ccc(F)cc1F. The second-order valence-electron chi connectivity index (χ2n) is 3.21. The Bertz CT molecular complexity index is 454. The lowest BCUT2D eigenvalue weighted by Crippen LogP contribution is -2.01. The molecule has 2 nitrogen and oxygen atoms in total. The minimum atomic E-state index is -1.07. The average Bonchev–Trinajstić information content (AvgIpc) is 2.69. The molecule has 0 saturated heterocycles. The van der Waals surface area contributed by atoms with Crippen LogP contribution in [0.2, 0.25) is 0 Å².